The molecule has 0 saturated heterocycles. The van der Waals surface area contributed by atoms with Crippen molar-refractivity contribution in [2.45, 2.75) is 64.3 Å². The predicted molar refractivity (Wildman–Crippen MR) is 59.4 cm³/mol. The molecule has 0 aromatic heterocycles. The summed E-state index contributed by atoms with van der Waals surface area (Å²) in [5.74, 6) is 2.64. The first-order valence-electron chi connectivity index (χ1n) is 5.50. The van der Waals surface area contributed by atoms with Gasteiger partial charge in [-0.1, -0.05) is 32.6 Å². The molecule has 0 aromatic rings. The van der Waals surface area contributed by atoms with Gasteiger partial charge in [0, 0.05) is 12.5 Å². The molecule has 0 spiro atoms. The van der Waals surface area contributed by atoms with Gasteiger partial charge >= 0.3 is 0 Å². The van der Waals surface area contributed by atoms with E-state index in [1.807, 2.05) is 0 Å². The van der Waals surface area contributed by atoms with E-state index in [2.05, 4.69) is 12.8 Å². The highest BCUT2D eigenvalue weighted by molar-refractivity contribution is 4.83. The van der Waals surface area contributed by atoms with Gasteiger partial charge in [-0.15, -0.1) is 12.3 Å². The lowest BCUT2D eigenvalue weighted by atomic mass is 10.0. The lowest BCUT2D eigenvalue weighted by Gasteiger charge is -2.09. The number of unbranched alkanes of at least 4 members (excludes halogenated alkanes) is 4. The summed E-state index contributed by atoms with van der Waals surface area (Å²) in [6.07, 6.45) is 14.7. The van der Waals surface area contributed by atoms with E-state index < -0.39 is 0 Å². The fraction of sp³-hybridized carbons (Fsp3) is 0.833. The van der Waals surface area contributed by atoms with Crippen LogP contribution in [-0.4, -0.2) is 6.04 Å². The van der Waals surface area contributed by atoms with E-state index in [1.165, 1.54) is 32.1 Å². The van der Waals surface area contributed by atoms with Crippen molar-refractivity contribution in [1.29, 1.82) is 0 Å². The Morgan fingerprint density at radius 1 is 1.15 bits per heavy atom. The second kappa shape index (κ2) is 9.61. The van der Waals surface area contributed by atoms with Crippen LogP contribution in [0.4, 0.5) is 0 Å². The lowest BCUT2D eigenvalue weighted by molar-refractivity contribution is 0.511. The number of hydrogen-bond donors (Lipinski definition) is 1. The fourth-order valence-electron chi connectivity index (χ4n) is 1.44. The molecule has 0 heterocycles. The van der Waals surface area contributed by atoms with Gasteiger partial charge in [-0.05, 0) is 19.3 Å². The Labute approximate surface area is 83.1 Å². The number of nitrogens with two attached hydrogens (primary N) is 1. The van der Waals surface area contributed by atoms with Gasteiger partial charge in [0.15, 0.2) is 0 Å². The standard InChI is InChI=1S/C12H23N/c1-3-5-7-9-11-12(13)10-8-6-4-2/h2,12H,3,5-11,13H2,1H3. The molecular weight excluding hydrogens is 158 g/mol. The molecular formula is C12H23N. The summed E-state index contributed by atoms with van der Waals surface area (Å²) in [6, 6.07) is 0.380. The normalized spacial score (nSPS) is 12.4. The number of terminal acetylenes is 1. The van der Waals surface area contributed by atoms with Crippen LogP contribution in [0.25, 0.3) is 0 Å². The summed E-state index contributed by atoms with van der Waals surface area (Å²) in [5.41, 5.74) is 5.93. The second-order valence-electron chi connectivity index (χ2n) is 3.71. The van der Waals surface area contributed by atoms with Crippen LogP contribution in [0.1, 0.15) is 58.3 Å². The van der Waals surface area contributed by atoms with Crippen molar-refractivity contribution in [2.75, 3.05) is 0 Å². The summed E-state index contributed by atoms with van der Waals surface area (Å²) in [5, 5.41) is 0. The first-order chi connectivity index (χ1) is 6.31. The molecule has 1 nitrogen and oxygen atoms in total. The molecule has 0 saturated carbocycles. The zero-order chi connectivity index (χ0) is 9.94. The van der Waals surface area contributed by atoms with Gasteiger partial charge in [0.25, 0.3) is 0 Å². The van der Waals surface area contributed by atoms with Crippen LogP contribution in [0.15, 0.2) is 0 Å². The van der Waals surface area contributed by atoms with Crippen LogP contribution in [-0.2, 0) is 0 Å². The van der Waals surface area contributed by atoms with Crippen LogP contribution < -0.4 is 5.73 Å². The van der Waals surface area contributed by atoms with Gasteiger partial charge in [0.1, 0.15) is 0 Å². The molecule has 0 aliphatic heterocycles. The van der Waals surface area contributed by atoms with Crippen molar-refractivity contribution in [2.24, 2.45) is 5.73 Å². The average Bonchev–Trinajstić information content (AvgIpc) is 2.13. The Bertz CT molecular complexity index is 135. The van der Waals surface area contributed by atoms with Crippen molar-refractivity contribution in [3.63, 3.8) is 0 Å². The predicted octanol–water partition coefficient (Wildman–Crippen LogP) is 3.09. The maximum Gasteiger partial charge on any atom is 0.00866 e. The van der Waals surface area contributed by atoms with Gasteiger partial charge < -0.3 is 5.73 Å². The SMILES string of the molecule is C#CCCCC(N)CCCCCC. The Morgan fingerprint density at radius 3 is 2.46 bits per heavy atom. The minimum Gasteiger partial charge on any atom is -0.328 e. The van der Waals surface area contributed by atoms with Gasteiger partial charge in [-0.3, -0.25) is 0 Å². The van der Waals surface area contributed by atoms with E-state index in [1.54, 1.807) is 0 Å². The second-order valence-corrected chi connectivity index (χ2v) is 3.71. The molecule has 2 N–H and O–H groups in total. The van der Waals surface area contributed by atoms with Gasteiger partial charge in [0.2, 0.25) is 0 Å². The van der Waals surface area contributed by atoms with Gasteiger partial charge in [0.05, 0.1) is 0 Å². The molecule has 13 heavy (non-hydrogen) atoms. The van der Waals surface area contributed by atoms with Crippen molar-refractivity contribution in [1.82, 2.24) is 0 Å². The lowest BCUT2D eigenvalue weighted by Crippen LogP contribution is -2.19. The molecule has 0 aliphatic carbocycles. The first kappa shape index (κ1) is 12.5. The van der Waals surface area contributed by atoms with E-state index >= 15 is 0 Å². The summed E-state index contributed by atoms with van der Waals surface area (Å²) in [6.45, 7) is 2.23. The Morgan fingerprint density at radius 2 is 1.85 bits per heavy atom. The monoisotopic (exact) mass is 181 g/mol. The highest BCUT2D eigenvalue weighted by Gasteiger charge is 2.00. The van der Waals surface area contributed by atoms with E-state index in [0.29, 0.717) is 6.04 Å². The number of rotatable bonds is 8. The molecule has 0 rings (SSSR count). The highest BCUT2D eigenvalue weighted by Crippen LogP contribution is 2.08. The third-order valence-electron chi connectivity index (χ3n) is 2.32. The molecule has 1 heteroatoms. The van der Waals surface area contributed by atoms with E-state index in [0.717, 1.165) is 19.3 Å². The third-order valence-corrected chi connectivity index (χ3v) is 2.32. The molecule has 1 unspecified atom stereocenters. The maximum absolute atomic E-state index is 5.93. The smallest absolute Gasteiger partial charge is 0.00866 e. The minimum atomic E-state index is 0.380. The van der Waals surface area contributed by atoms with Crippen molar-refractivity contribution >= 4 is 0 Å². The summed E-state index contributed by atoms with van der Waals surface area (Å²) in [7, 11) is 0. The van der Waals surface area contributed by atoms with Crippen LogP contribution in [0.2, 0.25) is 0 Å². The molecule has 1 atom stereocenters. The van der Waals surface area contributed by atoms with Gasteiger partial charge in [-0.2, -0.15) is 0 Å². The largest absolute Gasteiger partial charge is 0.328 e. The van der Waals surface area contributed by atoms with Crippen molar-refractivity contribution in [3.05, 3.63) is 0 Å². The summed E-state index contributed by atoms with van der Waals surface area (Å²) in [4.78, 5) is 0. The molecule has 76 valence electrons. The van der Waals surface area contributed by atoms with Crippen LogP contribution >= 0.6 is 0 Å². The summed E-state index contributed by atoms with van der Waals surface area (Å²) < 4.78 is 0. The van der Waals surface area contributed by atoms with Gasteiger partial charge in [-0.25, -0.2) is 0 Å². The fourth-order valence-corrected chi connectivity index (χ4v) is 1.44. The molecule has 0 aromatic carbocycles. The maximum atomic E-state index is 5.93. The zero-order valence-electron chi connectivity index (χ0n) is 8.89. The topological polar surface area (TPSA) is 26.0 Å². The Balaban J connectivity index is 3.11. The Hall–Kier alpha value is -0.480. The average molecular weight is 181 g/mol. The molecule has 0 amide bonds. The highest BCUT2D eigenvalue weighted by atomic mass is 14.6. The summed E-state index contributed by atoms with van der Waals surface area (Å²) >= 11 is 0. The van der Waals surface area contributed by atoms with Crippen molar-refractivity contribution < 1.29 is 0 Å². The minimum absolute atomic E-state index is 0.380. The van der Waals surface area contributed by atoms with E-state index in [9.17, 15) is 0 Å². The quantitative estimate of drug-likeness (QED) is 0.452. The van der Waals surface area contributed by atoms with E-state index in [4.69, 9.17) is 12.2 Å². The molecule has 0 fully saturated rings. The first-order valence-corrected chi connectivity index (χ1v) is 5.50. The van der Waals surface area contributed by atoms with Crippen LogP contribution in [0.3, 0.4) is 0 Å². The van der Waals surface area contributed by atoms with Crippen LogP contribution in [0, 0.1) is 12.3 Å². The van der Waals surface area contributed by atoms with Crippen molar-refractivity contribution in [3.8, 4) is 12.3 Å². The Kier molecular flexibility index (Phi) is 9.25. The molecule has 0 bridgehead atoms. The van der Waals surface area contributed by atoms with Crippen LogP contribution in [0.5, 0.6) is 0 Å². The third kappa shape index (κ3) is 9.43. The van der Waals surface area contributed by atoms with E-state index in [-0.39, 0.29) is 0 Å². The zero-order valence-corrected chi connectivity index (χ0v) is 8.89. The molecule has 0 aliphatic rings. The molecule has 0 radical (unpaired) electrons. The number of hydrogen-bond acceptors (Lipinski definition) is 1.